The fraction of sp³-hybridized carbons (Fsp3) is 0.357. The molecule has 0 aliphatic heterocycles. The number of nitrogens with one attached hydrogen (secondary N) is 1. The van der Waals surface area contributed by atoms with Crippen molar-refractivity contribution < 1.29 is 4.74 Å². The number of nitrogen functional groups attached to an aromatic ring is 1. The van der Waals surface area contributed by atoms with Crippen LogP contribution in [0.2, 0.25) is 0 Å². The van der Waals surface area contributed by atoms with E-state index in [9.17, 15) is 0 Å². The van der Waals surface area contributed by atoms with Crippen molar-refractivity contribution in [3.8, 4) is 5.75 Å². The van der Waals surface area contributed by atoms with Gasteiger partial charge < -0.3 is 10.2 Å². The molecule has 0 amide bonds. The van der Waals surface area contributed by atoms with Crippen molar-refractivity contribution in [1.82, 2.24) is 4.98 Å². The highest BCUT2D eigenvalue weighted by Crippen LogP contribution is 2.32. The second-order valence-electron chi connectivity index (χ2n) is 4.71. The van der Waals surface area contributed by atoms with E-state index in [1.54, 1.807) is 7.11 Å². The lowest BCUT2D eigenvalue weighted by Gasteiger charge is -2.15. The second kappa shape index (κ2) is 4.82. The van der Waals surface area contributed by atoms with Gasteiger partial charge >= 0.3 is 0 Å². The van der Waals surface area contributed by atoms with Crippen molar-refractivity contribution >= 4 is 16.7 Å². The SMILES string of the molecule is COc1ccc(C)c2cc(C(C)C)c(NN)nc12. The Morgan fingerprint density at radius 2 is 2.06 bits per heavy atom. The molecule has 0 fully saturated rings. The fourth-order valence-corrected chi connectivity index (χ4v) is 2.11. The molecule has 0 radical (unpaired) electrons. The lowest BCUT2D eigenvalue weighted by atomic mass is 9.99. The number of hydrogen-bond donors (Lipinski definition) is 2. The molecule has 4 nitrogen and oxygen atoms in total. The van der Waals surface area contributed by atoms with Gasteiger partial charge in [0.25, 0.3) is 0 Å². The summed E-state index contributed by atoms with van der Waals surface area (Å²) in [6, 6.07) is 6.11. The smallest absolute Gasteiger partial charge is 0.145 e. The van der Waals surface area contributed by atoms with E-state index in [1.165, 1.54) is 5.56 Å². The van der Waals surface area contributed by atoms with Crippen LogP contribution in [0.3, 0.4) is 0 Å². The Morgan fingerprint density at radius 1 is 1.33 bits per heavy atom. The topological polar surface area (TPSA) is 60.2 Å². The maximum absolute atomic E-state index is 5.56. The third-order valence-corrected chi connectivity index (χ3v) is 3.17. The lowest BCUT2D eigenvalue weighted by molar-refractivity contribution is 0.419. The van der Waals surface area contributed by atoms with Crippen LogP contribution in [0.25, 0.3) is 10.9 Å². The minimum absolute atomic E-state index is 0.360. The van der Waals surface area contributed by atoms with Crippen LogP contribution in [-0.2, 0) is 0 Å². The molecule has 96 valence electrons. The van der Waals surface area contributed by atoms with E-state index in [0.717, 1.165) is 22.2 Å². The Balaban J connectivity index is 2.81. The third-order valence-electron chi connectivity index (χ3n) is 3.17. The minimum Gasteiger partial charge on any atom is -0.494 e. The summed E-state index contributed by atoms with van der Waals surface area (Å²) in [5.41, 5.74) is 5.81. The van der Waals surface area contributed by atoms with Crippen molar-refractivity contribution in [2.45, 2.75) is 26.7 Å². The molecule has 2 aromatic rings. The zero-order chi connectivity index (χ0) is 13.3. The molecule has 0 aliphatic rings. The number of aryl methyl sites for hydroxylation is 1. The van der Waals surface area contributed by atoms with Gasteiger partial charge in [-0.25, -0.2) is 10.8 Å². The number of anilines is 1. The summed E-state index contributed by atoms with van der Waals surface area (Å²) < 4.78 is 5.35. The van der Waals surface area contributed by atoms with E-state index >= 15 is 0 Å². The lowest BCUT2D eigenvalue weighted by Crippen LogP contribution is -2.12. The molecule has 0 aliphatic carbocycles. The summed E-state index contributed by atoms with van der Waals surface area (Å²) in [5, 5.41) is 1.11. The first kappa shape index (κ1) is 12.6. The van der Waals surface area contributed by atoms with Crippen molar-refractivity contribution in [2.75, 3.05) is 12.5 Å². The molecule has 1 heterocycles. The molecule has 0 saturated carbocycles. The number of methoxy groups -OCH3 is 1. The van der Waals surface area contributed by atoms with Gasteiger partial charge in [0.15, 0.2) is 0 Å². The maximum Gasteiger partial charge on any atom is 0.145 e. The van der Waals surface area contributed by atoms with Gasteiger partial charge in [-0.1, -0.05) is 19.9 Å². The van der Waals surface area contributed by atoms with Gasteiger partial charge in [0, 0.05) is 5.39 Å². The van der Waals surface area contributed by atoms with E-state index in [2.05, 4.69) is 37.2 Å². The Bertz CT molecular complexity index is 579. The Kier molecular flexibility index (Phi) is 3.39. The van der Waals surface area contributed by atoms with Crippen molar-refractivity contribution in [1.29, 1.82) is 0 Å². The highest BCUT2D eigenvalue weighted by molar-refractivity contribution is 5.89. The summed E-state index contributed by atoms with van der Waals surface area (Å²) in [7, 11) is 1.65. The van der Waals surface area contributed by atoms with E-state index in [-0.39, 0.29) is 0 Å². The number of rotatable bonds is 3. The summed E-state index contributed by atoms with van der Waals surface area (Å²) >= 11 is 0. The summed E-state index contributed by atoms with van der Waals surface area (Å²) in [6.45, 7) is 6.32. The molecule has 0 saturated heterocycles. The van der Waals surface area contributed by atoms with Gasteiger partial charge in [0.1, 0.15) is 17.1 Å². The zero-order valence-corrected chi connectivity index (χ0v) is 11.2. The second-order valence-corrected chi connectivity index (χ2v) is 4.71. The van der Waals surface area contributed by atoms with Gasteiger partial charge in [-0.15, -0.1) is 0 Å². The van der Waals surface area contributed by atoms with Gasteiger partial charge in [-0.3, -0.25) is 0 Å². The predicted molar refractivity (Wildman–Crippen MR) is 74.9 cm³/mol. The number of hydrazine groups is 1. The van der Waals surface area contributed by atoms with Crippen LogP contribution in [-0.4, -0.2) is 12.1 Å². The number of benzene rings is 1. The van der Waals surface area contributed by atoms with Crippen LogP contribution in [0.1, 0.15) is 30.9 Å². The van der Waals surface area contributed by atoms with Crippen molar-refractivity contribution in [2.24, 2.45) is 5.84 Å². The van der Waals surface area contributed by atoms with Gasteiger partial charge in [0.05, 0.1) is 7.11 Å². The van der Waals surface area contributed by atoms with Crippen LogP contribution in [0.5, 0.6) is 5.75 Å². The Morgan fingerprint density at radius 3 is 2.61 bits per heavy atom. The van der Waals surface area contributed by atoms with Crippen LogP contribution >= 0.6 is 0 Å². The molecular weight excluding hydrogens is 226 g/mol. The largest absolute Gasteiger partial charge is 0.494 e. The highest BCUT2D eigenvalue weighted by atomic mass is 16.5. The fourth-order valence-electron chi connectivity index (χ4n) is 2.11. The molecule has 4 heteroatoms. The quantitative estimate of drug-likeness (QED) is 0.644. The van der Waals surface area contributed by atoms with E-state index in [1.807, 2.05) is 12.1 Å². The summed E-state index contributed by atoms with van der Waals surface area (Å²) in [6.07, 6.45) is 0. The van der Waals surface area contributed by atoms with Crippen LogP contribution in [0, 0.1) is 6.92 Å². The molecule has 18 heavy (non-hydrogen) atoms. The molecule has 1 aromatic heterocycles. The van der Waals surface area contributed by atoms with Crippen molar-refractivity contribution in [3.05, 3.63) is 29.3 Å². The monoisotopic (exact) mass is 245 g/mol. The average molecular weight is 245 g/mol. The first-order valence-electron chi connectivity index (χ1n) is 6.03. The minimum atomic E-state index is 0.360. The summed E-state index contributed by atoms with van der Waals surface area (Å²) in [5.74, 6) is 7.39. The highest BCUT2D eigenvalue weighted by Gasteiger charge is 2.13. The van der Waals surface area contributed by atoms with Crippen LogP contribution < -0.4 is 16.0 Å². The first-order valence-corrected chi connectivity index (χ1v) is 6.03. The maximum atomic E-state index is 5.56. The molecule has 0 atom stereocenters. The number of aromatic nitrogens is 1. The van der Waals surface area contributed by atoms with E-state index in [4.69, 9.17) is 10.6 Å². The van der Waals surface area contributed by atoms with Crippen LogP contribution in [0.15, 0.2) is 18.2 Å². The number of pyridine rings is 1. The Hall–Kier alpha value is -1.81. The average Bonchev–Trinajstić information content (AvgIpc) is 2.37. The molecule has 1 aromatic carbocycles. The van der Waals surface area contributed by atoms with Gasteiger partial charge in [-0.05, 0) is 36.1 Å². The number of nitrogens with zero attached hydrogens (tertiary/aromatic N) is 1. The van der Waals surface area contributed by atoms with E-state index in [0.29, 0.717) is 11.7 Å². The molecule has 0 spiro atoms. The normalized spacial score (nSPS) is 11.0. The molecular formula is C14H19N3O. The molecule has 2 rings (SSSR count). The first-order chi connectivity index (χ1) is 8.58. The standard InChI is InChI=1S/C14H19N3O/c1-8(2)10-7-11-9(3)5-6-12(18-4)13(11)16-14(10)17-15/h5-8H,15H2,1-4H3,(H,16,17). The van der Waals surface area contributed by atoms with Crippen LogP contribution in [0.4, 0.5) is 5.82 Å². The number of nitrogens with two attached hydrogens (primary N) is 1. The molecule has 3 N–H and O–H groups in total. The summed E-state index contributed by atoms with van der Waals surface area (Å²) in [4.78, 5) is 4.59. The molecule has 0 bridgehead atoms. The van der Waals surface area contributed by atoms with Crippen molar-refractivity contribution in [3.63, 3.8) is 0 Å². The van der Waals surface area contributed by atoms with Gasteiger partial charge in [0.2, 0.25) is 0 Å². The predicted octanol–water partition coefficient (Wildman–Crippen LogP) is 2.96. The number of hydrogen-bond acceptors (Lipinski definition) is 4. The van der Waals surface area contributed by atoms with E-state index < -0.39 is 0 Å². The number of ether oxygens (including phenoxy) is 1. The van der Waals surface area contributed by atoms with Gasteiger partial charge in [-0.2, -0.15) is 0 Å². The number of fused-ring (bicyclic) bond motifs is 1. The Labute approximate surface area is 107 Å². The third kappa shape index (κ3) is 1.99. The molecule has 0 unspecified atom stereocenters. The zero-order valence-electron chi connectivity index (χ0n) is 11.2.